The van der Waals surface area contributed by atoms with Gasteiger partial charge in [-0.25, -0.2) is 4.99 Å². The number of methoxy groups -OCH3 is 1. The molecule has 2 atom stereocenters. The summed E-state index contributed by atoms with van der Waals surface area (Å²) in [7, 11) is 1.67. The Morgan fingerprint density at radius 3 is 2.81 bits per heavy atom. The van der Waals surface area contributed by atoms with Gasteiger partial charge < -0.3 is 20.3 Å². The molecule has 0 aromatic rings. The second kappa shape index (κ2) is 6.68. The molecule has 3 heterocycles. The van der Waals surface area contributed by atoms with Gasteiger partial charge in [0.25, 0.3) is 0 Å². The molecule has 2 N–H and O–H groups in total. The monoisotopic (exact) mass is 291 g/mol. The second-order valence-electron chi connectivity index (χ2n) is 5.95. The highest BCUT2D eigenvalue weighted by atomic mass is 16.5. The van der Waals surface area contributed by atoms with Crippen molar-refractivity contribution in [3.05, 3.63) is 11.4 Å². The van der Waals surface area contributed by atoms with Crippen LogP contribution in [0.2, 0.25) is 0 Å². The molecule has 0 aromatic carbocycles. The van der Waals surface area contributed by atoms with Crippen LogP contribution in [0.5, 0.6) is 0 Å². The van der Waals surface area contributed by atoms with Crippen molar-refractivity contribution < 1.29 is 4.74 Å². The summed E-state index contributed by atoms with van der Waals surface area (Å²) in [5, 5.41) is 7.03. The number of piperidine rings is 1. The third-order valence-corrected chi connectivity index (χ3v) is 4.51. The van der Waals surface area contributed by atoms with Gasteiger partial charge in [0.1, 0.15) is 12.6 Å². The highest BCUT2D eigenvalue weighted by Gasteiger charge is 2.34. The molecule has 0 radical (unpaired) electrons. The molecule has 3 aliphatic heterocycles. The summed E-state index contributed by atoms with van der Waals surface area (Å²) in [6.07, 6.45) is 3.50. The molecule has 3 rings (SSSR count). The van der Waals surface area contributed by atoms with E-state index in [0.29, 0.717) is 18.8 Å². The lowest BCUT2D eigenvalue weighted by molar-refractivity contribution is 0.208. The minimum Gasteiger partial charge on any atom is -0.363 e. The van der Waals surface area contributed by atoms with E-state index in [0.717, 1.165) is 44.1 Å². The molecule has 0 saturated carbocycles. The van der Waals surface area contributed by atoms with Crippen molar-refractivity contribution in [3.8, 4) is 0 Å². The Morgan fingerprint density at radius 2 is 2.14 bits per heavy atom. The fourth-order valence-electron chi connectivity index (χ4n) is 3.56. The highest BCUT2D eigenvalue weighted by Crippen LogP contribution is 2.26. The molecule has 3 saturated heterocycles. The number of piperazine rings is 1. The number of hydrogen-bond acceptors (Lipinski definition) is 6. The number of fused-ring (bicyclic) bond motifs is 2. The molecule has 2 bridgehead atoms. The van der Waals surface area contributed by atoms with Crippen LogP contribution in [0.4, 0.5) is 0 Å². The number of hydrogen-bond donors (Lipinski definition) is 2. The molecular weight excluding hydrogens is 266 g/mol. The Labute approximate surface area is 126 Å². The Kier molecular flexibility index (Phi) is 4.67. The summed E-state index contributed by atoms with van der Waals surface area (Å²) >= 11 is 0. The molecule has 2 unspecified atom stereocenters. The topological polar surface area (TPSA) is 61.3 Å². The maximum atomic E-state index is 5.09. The molecular formula is C15H25N5O. The summed E-state index contributed by atoms with van der Waals surface area (Å²) < 4.78 is 5.09. The van der Waals surface area contributed by atoms with E-state index in [9.17, 15) is 0 Å². The quantitative estimate of drug-likeness (QED) is 0.735. The summed E-state index contributed by atoms with van der Waals surface area (Å²) in [5.74, 6) is 1.03. The zero-order chi connectivity index (χ0) is 14.7. The lowest BCUT2D eigenvalue weighted by atomic mass is 10.0. The van der Waals surface area contributed by atoms with Gasteiger partial charge in [0.2, 0.25) is 0 Å². The van der Waals surface area contributed by atoms with Crippen molar-refractivity contribution >= 4 is 12.4 Å². The lowest BCUT2D eigenvalue weighted by Gasteiger charge is -2.36. The van der Waals surface area contributed by atoms with Crippen LogP contribution in [0, 0.1) is 0 Å². The first-order valence-corrected chi connectivity index (χ1v) is 7.76. The number of aliphatic imine (C=N–C) groups is 2. The van der Waals surface area contributed by atoms with Gasteiger partial charge in [0, 0.05) is 44.4 Å². The highest BCUT2D eigenvalue weighted by molar-refractivity contribution is 6.03. The van der Waals surface area contributed by atoms with Gasteiger partial charge in [-0.3, -0.25) is 4.99 Å². The van der Waals surface area contributed by atoms with Crippen LogP contribution >= 0.6 is 0 Å². The summed E-state index contributed by atoms with van der Waals surface area (Å²) in [4.78, 5) is 11.3. The smallest absolute Gasteiger partial charge is 0.137 e. The normalized spacial score (nSPS) is 33.4. The van der Waals surface area contributed by atoms with Crippen molar-refractivity contribution in [3.63, 3.8) is 0 Å². The van der Waals surface area contributed by atoms with Gasteiger partial charge in [-0.05, 0) is 32.5 Å². The molecule has 0 aliphatic carbocycles. The third-order valence-electron chi connectivity index (χ3n) is 4.51. The maximum absolute atomic E-state index is 5.09. The largest absolute Gasteiger partial charge is 0.363 e. The van der Waals surface area contributed by atoms with E-state index < -0.39 is 0 Å². The van der Waals surface area contributed by atoms with E-state index in [4.69, 9.17) is 4.74 Å². The van der Waals surface area contributed by atoms with Crippen LogP contribution in [0.3, 0.4) is 0 Å². The number of likely N-dealkylation sites (tertiary alicyclic amines) is 1. The maximum Gasteiger partial charge on any atom is 0.137 e. The minimum atomic E-state index is 0.401. The Balaban J connectivity index is 1.86. The Morgan fingerprint density at radius 1 is 1.38 bits per heavy atom. The molecule has 3 aliphatic rings. The molecule has 116 valence electrons. The van der Waals surface area contributed by atoms with Crippen LogP contribution in [0.1, 0.15) is 19.3 Å². The molecule has 21 heavy (non-hydrogen) atoms. The zero-order valence-electron chi connectivity index (χ0n) is 12.8. The van der Waals surface area contributed by atoms with Crippen molar-refractivity contribution in [2.45, 2.75) is 31.3 Å². The molecule has 0 amide bonds. The van der Waals surface area contributed by atoms with Gasteiger partial charge in [-0.15, -0.1) is 0 Å². The van der Waals surface area contributed by atoms with Crippen molar-refractivity contribution in [2.24, 2.45) is 9.98 Å². The third kappa shape index (κ3) is 3.17. The van der Waals surface area contributed by atoms with Gasteiger partial charge in [-0.1, -0.05) is 0 Å². The predicted octanol–water partition coefficient (Wildman–Crippen LogP) is 0.373. The molecule has 6 heteroatoms. The van der Waals surface area contributed by atoms with Gasteiger partial charge in [-0.2, -0.15) is 0 Å². The van der Waals surface area contributed by atoms with E-state index in [1.54, 1.807) is 7.11 Å². The fourth-order valence-corrected chi connectivity index (χ4v) is 3.56. The van der Waals surface area contributed by atoms with Crippen LogP contribution in [0.25, 0.3) is 0 Å². The van der Waals surface area contributed by atoms with Crippen LogP contribution in [-0.4, -0.2) is 69.4 Å². The number of ether oxygens (including phenoxy) is 1. The van der Waals surface area contributed by atoms with Gasteiger partial charge >= 0.3 is 0 Å². The second-order valence-corrected chi connectivity index (χ2v) is 5.95. The number of rotatable bonds is 4. The number of nitrogens with one attached hydrogen (secondary N) is 2. The van der Waals surface area contributed by atoms with Gasteiger partial charge in [0.05, 0.1) is 5.71 Å². The summed E-state index contributed by atoms with van der Waals surface area (Å²) in [6, 6.07) is 1.20. The molecule has 6 nitrogen and oxygen atoms in total. The van der Waals surface area contributed by atoms with E-state index in [1.807, 2.05) is 0 Å². The van der Waals surface area contributed by atoms with Crippen molar-refractivity contribution in [1.82, 2.24) is 15.5 Å². The van der Waals surface area contributed by atoms with Crippen LogP contribution in [0.15, 0.2) is 21.4 Å². The molecule has 3 fully saturated rings. The first kappa shape index (κ1) is 14.7. The van der Waals surface area contributed by atoms with E-state index in [1.165, 1.54) is 18.4 Å². The minimum absolute atomic E-state index is 0.401. The standard InChI is InChI=1S/C15H25N5O/c1-16-15(20-8-11-3-4-12(9-20)19-11)13-5-6-17-7-14(13)18-10-21-2/h11-12,17,19H,1,3-10H2,2H3/b15-13+,18-14-. The average molecular weight is 291 g/mol. The summed E-state index contributed by atoms with van der Waals surface area (Å²) in [6.45, 7) is 8.03. The van der Waals surface area contributed by atoms with Crippen molar-refractivity contribution in [2.75, 3.05) is 40.0 Å². The van der Waals surface area contributed by atoms with Crippen LogP contribution < -0.4 is 10.6 Å². The van der Waals surface area contributed by atoms with Crippen molar-refractivity contribution in [1.29, 1.82) is 0 Å². The SMILES string of the molecule is C=N/C(=C1/CCNC/C1=N/COC)N1CC2CCC(C1)N2. The van der Waals surface area contributed by atoms with Gasteiger partial charge in [0.15, 0.2) is 0 Å². The van der Waals surface area contributed by atoms with E-state index in [-0.39, 0.29) is 0 Å². The average Bonchev–Trinajstić information content (AvgIpc) is 2.86. The predicted molar refractivity (Wildman–Crippen MR) is 84.9 cm³/mol. The number of nitrogens with zero attached hydrogens (tertiary/aromatic N) is 3. The Bertz CT molecular complexity index is 447. The molecule has 0 aromatic heterocycles. The Hall–Kier alpha value is -1.24. The van der Waals surface area contributed by atoms with E-state index in [2.05, 4.69) is 32.2 Å². The fraction of sp³-hybridized carbons (Fsp3) is 0.733. The zero-order valence-corrected chi connectivity index (χ0v) is 12.8. The first-order valence-electron chi connectivity index (χ1n) is 7.76. The molecule has 0 spiro atoms. The summed E-state index contributed by atoms with van der Waals surface area (Å²) in [5.41, 5.74) is 2.30. The lowest BCUT2D eigenvalue weighted by Crippen LogP contribution is -2.51. The van der Waals surface area contributed by atoms with E-state index >= 15 is 0 Å². The van der Waals surface area contributed by atoms with Crippen LogP contribution in [-0.2, 0) is 4.74 Å². The first-order chi connectivity index (χ1) is 10.3.